The van der Waals surface area contributed by atoms with E-state index in [9.17, 15) is 4.79 Å². The fourth-order valence-electron chi connectivity index (χ4n) is 3.31. The highest BCUT2D eigenvalue weighted by Crippen LogP contribution is 2.30. The maximum atomic E-state index is 12.9. The first-order valence-corrected chi connectivity index (χ1v) is 8.68. The molecular weight excluding hydrogens is 270 g/mol. The fraction of sp³-hybridized carbons (Fsp3) is 0.650. The molecule has 0 heterocycles. The lowest BCUT2D eigenvalue weighted by atomic mass is 9.85. The molecule has 2 heteroatoms. The molecule has 0 N–H and O–H groups in total. The van der Waals surface area contributed by atoms with Crippen molar-refractivity contribution in [3.05, 3.63) is 35.9 Å². The highest BCUT2D eigenvalue weighted by atomic mass is 16.2. The first kappa shape index (κ1) is 17.1. The Hall–Kier alpha value is -1.31. The Bertz CT molecular complexity index is 466. The van der Waals surface area contributed by atoms with Crippen LogP contribution in [0.2, 0.25) is 0 Å². The van der Waals surface area contributed by atoms with Gasteiger partial charge in [-0.25, -0.2) is 0 Å². The Morgan fingerprint density at radius 1 is 1.09 bits per heavy atom. The molecule has 0 atom stereocenters. The number of amides is 1. The van der Waals surface area contributed by atoms with Crippen molar-refractivity contribution < 1.29 is 4.79 Å². The van der Waals surface area contributed by atoms with Crippen LogP contribution in [0.5, 0.6) is 0 Å². The highest BCUT2D eigenvalue weighted by Gasteiger charge is 2.29. The summed E-state index contributed by atoms with van der Waals surface area (Å²) >= 11 is 0. The fourth-order valence-corrected chi connectivity index (χ4v) is 3.31. The van der Waals surface area contributed by atoms with E-state index < -0.39 is 0 Å². The standard InChI is InChI=1S/C20H31NO/c1-16-10-12-18(13-11-16)21(19(22)14-20(2,3)4)15-17-8-6-5-7-9-17/h5-9,16,18H,10-15H2,1-4H3. The lowest BCUT2D eigenvalue weighted by Crippen LogP contribution is -2.43. The predicted molar refractivity (Wildman–Crippen MR) is 92.5 cm³/mol. The molecule has 1 aromatic carbocycles. The van der Waals surface area contributed by atoms with E-state index in [0.717, 1.165) is 25.3 Å². The van der Waals surface area contributed by atoms with E-state index in [1.165, 1.54) is 18.4 Å². The molecule has 0 aliphatic heterocycles. The van der Waals surface area contributed by atoms with Crippen LogP contribution >= 0.6 is 0 Å². The summed E-state index contributed by atoms with van der Waals surface area (Å²) in [5, 5.41) is 0. The molecule has 22 heavy (non-hydrogen) atoms. The summed E-state index contributed by atoms with van der Waals surface area (Å²) in [6.45, 7) is 9.53. The van der Waals surface area contributed by atoms with Crippen LogP contribution in [0.3, 0.4) is 0 Å². The van der Waals surface area contributed by atoms with Gasteiger partial charge >= 0.3 is 0 Å². The first-order chi connectivity index (χ1) is 10.3. The second-order valence-electron chi connectivity index (χ2n) is 8.16. The van der Waals surface area contributed by atoms with Gasteiger partial charge in [0.25, 0.3) is 0 Å². The van der Waals surface area contributed by atoms with E-state index in [0.29, 0.717) is 18.4 Å². The Labute approximate surface area is 135 Å². The molecule has 0 spiro atoms. The van der Waals surface area contributed by atoms with Crippen molar-refractivity contribution in [2.24, 2.45) is 11.3 Å². The molecule has 2 nitrogen and oxygen atoms in total. The average Bonchev–Trinajstić information content (AvgIpc) is 2.45. The van der Waals surface area contributed by atoms with Gasteiger partial charge in [-0.2, -0.15) is 0 Å². The summed E-state index contributed by atoms with van der Waals surface area (Å²) in [6, 6.07) is 10.8. The van der Waals surface area contributed by atoms with Crippen LogP contribution in [-0.2, 0) is 11.3 Å². The van der Waals surface area contributed by atoms with Crippen molar-refractivity contribution in [3.63, 3.8) is 0 Å². The number of carbonyl (C=O) groups excluding carboxylic acids is 1. The van der Waals surface area contributed by atoms with Crippen LogP contribution in [0.25, 0.3) is 0 Å². The van der Waals surface area contributed by atoms with Crippen molar-refractivity contribution in [3.8, 4) is 0 Å². The molecule has 0 radical (unpaired) electrons. The summed E-state index contributed by atoms with van der Waals surface area (Å²) in [5.41, 5.74) is 1.29. The minimum atomic E-state index is 0.0496. The monoisotopic (exact) mass is 301 g/mol. The minimum Gasteiger partial charge on any atom is -0.335 e. The Kier molecular flexibility index (Phi) is 5.66. The lowest BCUT2D eigenvalue weighted by molar-refractivity contribution is -0.137. The highest BCUT2D eigenvalue weighted by molar-refractivity contribution is 5.77. The van der Waals surface area contributed by atoms with E-state index in [2.05, 4.69) is 56.9 Å². The number of hydrogen-bond acceptors (Lipinski definition) is 1. The van der Waals surface area contributed by atoms with E-state index in [-0.39, 0.29) is 5.41 Å². The second kappa shape index (κ2) is 7.30. The number of rotatable bonds is 4. The van der Waals surface area contributed by atoms with Gasteiger partial charge in [-0.3, -0.25) is 4.79 Å². The number of hydrogen-bond donors (Lipinski definition) is 0. The van der Waals surface area contributed by atoms with Gasteiger partial charge in [0.1, 0.15) is 0 Å². The normalized spacial score (nSPS) is 22.4. The molecule has 1 aliphatic rings. The average molecular weight is 301 g/mol. The third-order valence-electron chi connectivity index (χ3n) is 4.62. The summed E-state index contributed by atoms with van der Waals surface area (Å²) in [4.78, 5) is 15.0. The molecule has 1 aliphatic carbocycles. The molecule has 1 fully saturated rings. The van der Waals surface area contributed by atoms with Gasteiger partial charge in [-0.15, -0.1) is 0 Å². The number of carbonyl (C=O) groups is 1. The van der Waals surface area contributed by atoms with Crippen LogP contribution < -0.4 is 0 Å². The van der Waals surface area contributed by atoms with Crippen LogP contribution in [0.1, 0.15) is 65.4 Å². The van der Waals surface area contributed by atoms with E-state index in [1.54, 1.807) is 0 Å². The number of nitrogens with zero attached hydrogens (tertiary/aromatic N) is 1. The van der Waals surface area contributed by atoms with Gasteiger partial charge < -0.3 is 4.90 Å². The van der Waals surface area contributed by atoms with Crippen LogP contribution in [-0.4, -0.2) is 16.8 Å². The second-order valence-corrected chi connectivity index (χ2v) is 8.16. The van der Waals surface area contributed by atoms with Gasteiger partial charge in [-0.1, -0.05) is 58.0 Å². The lowest BCUT2D eigenvalue weighted by Gasteiger charge is -2.37. The molecule has 1 aromatic rings. The quantitative estimate of drug-likeness (QED) is 0.763. The van der Waals surface area contributed by atoms with Gasteiger partial charge in [0, 0.05) is 19.0 Å². The number of benzene rings is 1. The first-order valence-electron chi connectivity index (χ1n) is 8.68. The summed E-state index contributed by atoms with van der Waals surface area (Å²) in [6.07, 6.45) is 5.44. The molecular formula is C20H31NO. The zero-order valence-corrected chi connectivity index (χ0v) is 14.6. The smallest absolute Gasteiger partial charge is 0.223 e. The van der Waals surface area contributed by atoms with E-state index >= 15 is 0 Å². The molecule has 0 saturated heterocycles. The topological polar surface area (TPSA) is 20.3 Å². The molecule has 1 saturated carbocycles. The summed E-state index contributed by atoms with van der Waals surface area (Å²) in [5.74, 6) is 1.13. The Morgan fingerprint density at radius 2 is 1.68 bits per heavy atom. The van der Waals surface area contributed by atoms with Gasteiger partial charge in [0.15, 0.2) is 0 Å². The van der Waals surface area contributed by atoms with Crippen LogP contribution in [0.15, 0.2) is 30.3 Å². The molecule has 0 bridgehead atoms. The summed E-state index contributed by atoms with van der Waals surface area (Å²) < 4.78 is 0. The third kappa shape index (κ3) is 5.15. The molecule has 122 valence electrons. The molecule has 1 amide bonds. The summed E-state index contributed by atoms with van der Waals surface area (Å²) in [7, 11) is 0. The molecule has 2 rings (SSSR count). The van der Waals surface area contributed by atoms with Crippen molar-refractivity contribution >= 4 is 5.91 Å². The zero-order chi connectivity index (χ0) is 16.2. The molecule has 0 unspecified atom stereocenters. The Balaban J connectivity index is 2.11. The van der Waals surface area contributed by atoms with Gasteiger partial charge in [-0.05, 0) is 42.6 Å². The van der Waals surface area contributed by atoms with Crippen LogP contribution in [0, 0.1) is 11.3 Å². The van der Waals surface area contributed by atoms with Gasteiger partial charge in [0.05, 0.1) is 0 Å². The third-order valence-corrected chi connectivity index (χ3v) is 4.62. The van der Waals surface area contributed by atoms with Crippen molar-refractivity contribution in [1.29, 1.82) is 0 Å². The maximum Gasteiger partial charge on any atom is 0.223 e. The maximum absolute atomic E-state index is 12.9. The van der Waals surface area contributed by atoms with E-state index in [1.807, 2.05) is 6.07 Å². The van der Waals surface area contributed by atoms with Crippen molar-refractivity contribution in [2.45, 2.75) is 72.4 Å². The van der Waals surface area contributed by atoms with E-state index in [4.69, 9.17) is 0 Å². The SMILES string of the molecule is CC1CCC(N(Cc2ccccc2)C(=O)CC(C)(C)C)CC1. The van der Waals surface area contributed by atoms with Gasteiger partial charge in [0.2, 0.25) is 5.91 Å². The largest absolute Gasteiger partial charge is 0.335 e. The molecule has 0 aromatic heterocycles. The minimum absolute atomic E-state index is 0.0496. The zero-order valence-electron chi connectivity index (χ0n) is 14.6. The van der Waals surface area contributed by atoms with Crippen LogP contribution in [0.4, 0.5) is 0 Å². The van der Waals surface area contributed by atoms with Crippen molar-refractivity contribution in [2.75, 3.05) is 0 Å². The Morgan fingerprint density at radius 3 is 2.23 bits per heavy atom. The predicted octanol–water partition coefficient (Wildman–Crippen LogP) is 5.03. The van der Waals surface area contributed by atoms with Crippen molar-refractivity contribution in [1.82, 2.24) is 4.90 Å².